The summed E-state index contributed by atoms with van der Waals surface area (Å²) < 4.78 is 22.0. The lowest BCUT2D eigenvalue weighted by Crippen LogP contribution is -2.70. The molecular formula is C42H62N6O5. The third kappa shape index (κ3) is 5.36. The normalized spacial score (nSPS) is 42.5. The average Bonchev–Trinajstić information content (AvgIpc) is 3.62. The predicted molar refractivity (Wildman–Crippen MR) is 200 cm³/mol. The topological polar surface area (TPSA) is 148 Å². The first kappa shape index (κ1) is 37.2. The number of aliphatic carboxylic acids is 1. The quantitative estimate of drug-likeness (QED) is 0.279. The summed E-state index contributed by atoms with van der Waals surface area (Å²) in [6, 6.07) is -0.143. The van der Waals surface area contributed by atoms with Crippen molar-refractivity contribution in [2.45, 2.75) is 118 Å². The Balaban J connectivity index is 1.28. The zero-order valence-corrected chi connectivity index (χ0v) is 33.0. The van der Waals surface area contributed by atoms with Gasteiger partial charge in [0.1, 0.15) is 12.7 Å². The summed E-state index contributed by atoms with van der Waals surface area (Å²) in [5.74, 6) is 0.874. The summed E-state index contributed by atoms with van der Waals surface area (Å²) in [5.41, 5.74) is 7.37. The van der Waals surface area contributed by atoms with Gasteiger partial charge in [-0.05, 0) is 96.7 Å². The van der Waals surface area contributed by atoms with Gasteiger partial charge in [0.2, 0.25) is 0 Å². The van der Waals surface area contributed by atoms with Crippen LogP contribution in [-0.4, -0.2) is 80.5 Å². The number of carboxylic acid groups (broad SMARTS) is 1. The molecule has 0 aromatic carbocycles. The Morgan fingerprint density at radius 1 is 1.00 bits per heavy atom. The van der Waals surface area contributed by atoms with E-state index in [0.29, 0.717) is 44.9 Å². The highest BCUT2D eigenvalue weighted by molar-refractivity contribution is 5.73. The predicted octanol–water partition coefficient (Wildman–Crippen LogP) is 6.76. The Morgan fingerprint density at radius 3 is 2.43 bits per heavy atom. The van der Waals surface area contributed by atoms with Crippen LogP contribution >= 0.6 is 0 Å². The Hall–Kier alpha value is -2.73. The second-order valence-electron chi connectivity index (χ2n) is 19.5. The van der Waals surface area contributed by atoms with Crippen molar-refractivity contribution < 1.29 is 24.1 Å². The maximum atomic E-state index is 13.6. The molecule has 2 bridgehead atoms. The van der Waals surface area contributed by atoms with Crippen molar-refractivity contribution in [3.63, 3.8) is 0 Å². The first-order valence-electron chi connectivity index (χ1n) is 20.3. The van der Waals surface area contributed by atoms with E-state index in [0.717, 1.165) is 62.8 Å². The second kappa shape index (κ2) is 12.9. The monoisotopic (exact) mass is 730 g/mol. The van der Waals surface area contributed by atoms with Gasteiger partial charge in [-0.3, -0.25) is 4.79 Å². The Kier molecular flexibility index (Phi) is 9.07. The van der Waals surface area contributed by atoms with Gasteiger partial charge in [0, 0.05) is 36.6 Å². The number of nitrogens with two attached hydrogens (primary N) is 1. The lowest BCUT2D eigenvalue weighted by atomic mass is 9.34. The third-order valence-corrected chi connectivity index (χ3v) is 16.8. The standard InChI is InChI=1S/C42H62N6O5/c1-26(2)27(3)38(5)12-13-39(6)29-8-9-32-37(4)18-31(48-35(46-25-47-48)28-19-44-24-45-20-28)34(53-22-41(43)14-16-51-17-15-41)42(32,23-52-21-37)30(29)10-11-40(39,7)33(38)36(49)50/h10,19-20,24-27,29,31-34H,8-9,11-18,21-23,43H2,1-7H3,(H,49,50)/t27-,29+,31-,32-,33-,34+,37-,38-,39-,40+,42+/m1/s1. The molecule has 4 heterocycles. The van der Waals surface area contributed by atoms with Crippen molar-refractivity contribution >= 4 is 5.97 Å². The van der Waals surface area contributed by atoms with Gasteiger partial charge >= 0.3 is 5.97 Å². The zero-order chi connectivity index (χ0) is 37.6. The zero-order valence-electron chi connectivity index (χ0n) is 33.0. The molecule has 6 aliphatic rings. The molecular weight excluding hydrogens is 668 g/mol. The van der Waals surface area contributed by atoms with E-state index < -0.39 is 28.3 Å². The smallest absolute Gasteiger partial charge is 0.307 e. The van der Waals surface area contributed by atoms with Crippen LogP contribution in [0.2, 0.25) is 0 Å². The van der Waals surface area contributed by atoms with E-state index in [-0.39, 0.29) is 40.2 Å². The van der Waals surface area contributed by atoms with Crippen LogP contribution < -0.4 is 5.73 Å². The lowest BCUT2D eigenvalue weighted by molar-refractivity contribution is -0.254. The maximum Gasteiger partial charge on any atom is 0.307 e. The van der Waals surface area contributed by atoms with E-state index in [2.05, 4.69) is 69.2 Å². The maximum absolute atomic E-state index is 13.6. The number of allylic oxidation sites excluding steroid dienone is 1. The Labute approximate surface area is 315 Å². The van der Waals surface area contributed by atoms with Crippen molar-refractivity contribution in [1.82, 2.24) is 24.7 Å². The number of nitrogens with zero attached hydrogens (tertiary/aromatic N) is 5. The molecule has 2 aromatic rings. The molecule has 0 spiro atoms. The highest BCUT2D eigenvalue weighted by atomic mass is 16.5. The van der Waals surface area contributed by atoms with Crippen LogP contribution in [0, 0.1) is 56.7 Å². The van der Waals surface area contributed by atoms with E-state index in [9.17, 15) is 9.90 Å². The number of fused-ring (bicyclic) bond motifs is 3. The number of aromatic nitrogens is 5. The summed E-state index contributed by atoms with van der Waals surface area (Å²) in [5, 5.41) is 16.1. The minimum absolute atomic E-state index is 0.132. The number of carboxylic acids is 1. The van der Waals surface area contributed by atoms with E-state index in [1.165, 1.54) is 11.9 Å². The molecule has 3 saturated carbocycles. The molecule has 4 aliphatic carbocycles. The van der Waals surface area contributed by atoms with E-state index >= 15 is 0 Å². The van der Waals surface area contributed by atoms with Crippen LogP contribution in [0.15, 0.2) is 36.7 Å². The van der Waals surface area contributed by atoms with E-state index in [1.54, 1.807) is 18.7 Å². The Bertz CT molecular complexity index is 1730. The first-order chi connectivity index (χ1) is 25.1. The molecule has 0 radical (unpaired) electrons. The molecule has 8 rings (SSSR count). The van der Waals surface area contributed by atoms with Crippen LogP contribution in [0.3, 0.4) is 0 Å². The number of rotatable bonds is 8. The molecule has 11 nitrogen and oxygen atoms in total. The van der Waals surface area contributed by atoms with Gasteiger partial charge in [-0.2, -0.15) is 5.10 Å². The van der Waals surface area contributed by atoms with Gasteiger partial charge in [0.05, 0.1) is 43.4 Å². The highest BCUT2D eigenvalue weighted by Gasteiger charge is 2.73. The van der Waals surface area contributed by atoms with Crippen LogP contribution in [0.1, 0.15) is 106 Å². The van der Waals surface area contributed by atoms with Gasteiger partial charge in [0.25, 0.3) is 0 Å². The van der Waals surface area contributed by atoms with Crippen LogP contribution in [0.25, 0.3) is 11.4 Å². The average molecular weight is 731 g/mol. The summed E-state index contributed by atoms with van der Waals surface area (Å²) >= 11 is 0. The summed E-state index contributed by atoms with van der Waals surface area (Å²) in [7, 11) is 0. The largest absolute Gasteiger partial charge is 0.481 e. The molecule has 2 aliphatic heterocycles. The molecule has 3 N–H and O–H groups in total. The summed E-state index contributed by atoms with van der Waals surface area (Å²) in [4.78, 5) is 27.0. The molecule has 53 heavy (non-hydrogen) atoms. The van der Waals surface area contributed by atoms with E-state index in [1.807, 2.05) is 0 Å². The molecule has 11 heteroatoms. The van der Waals surface area contributed by atoms with Gasteiger partial charge in [-0.1, -0.05) is 60.1 Å². The number of ether oxygens (including phenoxy) is 3. The van der Waals surface area contributed by atoms with Gasteiger partial charge in [-0.25, -0.2) is 19.6 Å². The van der Waals surface area contributed by atoms with Crippen molar-refractivity contribution in [1.29, 1.82) is 0 Å². The lowest BCUT2D eigenvalue weighted by Gasteiger charge is -2.71. The van der Waals surface area contributed by atoms with Gasteiger partial charge in [0.15, 0.2) is 5.82 Å². The molecule has 2 aromatic heterocycles. The fraction of sp³-hybridized carbons (Fsp3) is 0.786. The van der Waals surface area contributed by atoms with E-state index in [4.69, 9.17) is 30.0 Å². The minimum Gasteiger partial charge on any atom is -0.481 e. The fourth-order valence-corrected chi connectivity index (χ4v) is 13.4. The van der Waals surface area contributed by atoms with Crippen LogP contribution in [0.4, 0.5) is 0 Å². The van der Waals surface area contributed by atoms with Crippen molar-refractivity contribution in [3.8, 4) is 11.4 Å². The highest BCUT2D eigenvalue weighted by Crippen LogP contribution is 2.75. The molecule has 290 valence electrons. The third-order valence-electron chi connectivity index (χ3n) is 16.8. The number of carbonyl (C=O) groups is 1. The van der Waals surface area contributed by atoms with Crippen molar-refractivity contribution in [2.75, 3.05) is 33.0 Å². The fourth-order valence-electron chi connectivity index (χ4n) is 13.4. The summed E-state index contributed by atoms with van der Waals surface area (Å²) in [6.07, 6.45) is 16.0. The molecule has 0 unspecified atom stereocenters. The SMILES string of the molecule is CC(C)[C@@H](C)[C@@]1(C)CC[C@]2(C)[C@H]3CC[C@@H]4[C@@]5(C)COC[C@@]4(C3=CC[C@@]2(C)[C@@H]1C(=O)O)[C@@H](OCC1(N)CCOCC1)[C@H](n1ncnc1-c1cncnc1)C5. The first-order valence-corrected chi connectivity index (χ1v) is 20.3. The number of hydrogen-bond acceptors (Lipinski definition) is 9. The molecule has 0 amide bonds. The Morgan fingerprint density at radius 2 is 1.74 bits per heavy atom. The van der Waals surface area contributed by atoms with Crippen molar-refractivity contribution in [3.05, 3.63) is 36.7 Å². The van der Waals surface area contributed by atoms with Gasteiger partial charge in [-0.15, -0.1) is 0 Å². The van der Waals surface area contributed by atoms with Crippen LogP contribution in [0.5, 0.6) is 0 Å². The summed E-state index contributed by atoms with van der Waals surface area (Å²) in [6.45, 7) is 19.2. The van der Waals surface area contributed by atoms with Crippen LogP contribution in [-0.2, 0) is 19.0 Å². The second-order valence-corrected chi connectivity index (χ2v) is 19.5. The van der Waals surface area contributed by atoms with Gasteiger partial charge < -0.3 is 25.1 Å². The molecule has 5 fully saturated rings. The molecule has 2 saturated heterocycles. The number of hydrogen-bond donors (Lipinski definition) is 2. The minimum atomic E-state index is -0.641. The van der Waals surface area contributed by atoms with Crippen molar-refractivity contribution in [2.24, 2.45) is 62.4 Å². The molecule has 11 atom stereocenters.